The maximum atomic E-state index is 7.47. The van der Waals surface area contributed by atoms with Gasteiger partial charge in [0.25, 0.3) is 0 Å². The molecule has 0 spiro atoms. The van der Waals surface area contributed by atoms with Crippen molar-refractivity contribution in [1.29, 1.82) is 0 Å². The topological polar surface area (TPSA) is 56.2 Å². The lowest BCUT2D eigenvalue weighted by atomic mass is 9.87. The molecule has 0 amide bonds. The first-order chi connectivity index (χ1) is 31.1. The van der Waals surface area contributed by atoms with E-state index in [1.807, 2.05) is 72.8 Å². The van der Waals surface area contributed by atoms with Crippen LogP contribution < -0.4 is 0 Å². The molecular weight excluding hydrogens is 769 g/mol. The van der Waals surface area contributed by atoms with Crippen LogP contribution in [0, 0.1) is 6.57 Å². The number of hydrogen-bond acceptors (Lipinski definition) is 4. The molecule has 5 nitrogen and oxygen atoms in total. The molecule has 0 saturated heterocycles. The Labute approximate surface area is 363 Å². The summed E-state index contributed by atoms with van der Waals surface area (Å²) in [4.78, 5) is 18.9. The molecule has 0 N–H and O–H groups in total. The summed E-state index contributed by atoms with van der Waals surface area (Å²) >= 11 is 0. The Morgan fingerprint density at radius 3 is 1.49 bits per heavy atom. The van der Waals surface area contributed by atoms with E-state index in [1.54, 1.807) is 0 Å². The molecule has 292 valence electrons. The number of fused-ring (bicyclic) bond motifs is 8. The number of hydrogen-bond donors (Lipinski definition) is 0. The maximum absolute atomic E-state index is 7.47. The van der Waals surface area contributed by atoms with Crippen molar-refractivity contribution in [3.05, 3.63) is 218 Å². The first-order valence-electron chi connectivity index (χ1n) is 20.9. The van der Waals surface area contributed by atoms with Gasteiger partial charge < -0.3 is 4.42 Å². The average molecular weight is 803 g/mol. The second-order valence-corrected chi connectivity index (χ2v) is 15.8. The molecule has 0 unspecified atom stereocenters. The summed E-state index contributed by atoms with van der Waals surface area (Å²) in [6.07, 6.45) is 0. The van der Waals surface area contributed by atoms with Crippen molar-refractivity contribution in [2.24, 2.45) is 0 Å². The Morgan fingerprint density at radius 2 is 0.794 bits per heavy atom. The lowest BCUT2D eigenvalue weighted by Crippen LogP contribution is -2.00. The van der Waals surface area contributed by atoms with Crippen LogP contribution >= 0.6 is 0 Å². The van der Waals surface area contributed by atoms with E-state index in [0.29, 0.717) is 23.2 Å². The zero-order valence-electron chi connectivity index (χ0n) is 33.8. The molecule has 5 heteroatoms. The van der Waals surface area contributed by atoms with Crippen LogP contribution in [-0.4, -0.2) is 15.0 Å². The predicted molar refractivity (Wildman–Crippen MR) is 259 cm³/mol. The van der Waals surface area contributed by atoms with Gasteiger partial charge in [-0.2, -0.15) is 0 Å². The number of furan rings is 1. The first kappa shape index (κ1) is 36.2. The molecule has 12 aromatic rings. The van der Waals surface area contributed by atoms with Gasteiger partial charge in [-0.25, -0.2) is 19.8 Å². The van der Waals surface area contributed by atoms with Crippen LogP contribution in [-0.2, 0) is 0 Å². The second-order valence-electron chi connectivity index (χ2n) is 15.8. The van der Waals surface area contributed by atoms with Crippen LogP contribution in [0.25, 0.3) is 127 Å². The SMILES string of the molecule is [C-]#[N+]c1cccc(-c2ccc(-c3cc4c5ccccc5c(-c5cccc(-c6nc(-c7ccccc7)nc(-c7ccc8c(c7)oc7ccccc78)n6)c5)cc4c4ccccc34)cc2)c1. The van der Waals surface area contributed by atoms with Gasteiger partial charge in [-0.05, 0) is 108 Å². The van der Waals surface area contributed by atoms with Gasteiger partial charge in [0.2, 0.25) is 0 Å². The molecule has 0 atom stereocenters. The average Bonchev–Trinajstić information content (AvgIpc) is 3.74. The third-order valence-electron chi connectivity index (χ3n) is 12.1. The number of aromatic nitrogens is 3. The van der Waals surface area contributed by atoms with Crippen LogP contribution in [0.1, 0.15) is 0 Å². The van der Waals surface area contributed by atoms with Gasteiger partial charge in [-0.1, -0.05) is 164 Å². The summed E-state index contributed by atoms with van der Waals surface area (Å²) in [5.41, 5.74) is 11.6. The smallest absolute Gasteiger partial charge is 0.187 e. The summed E-state index contributed by atoms with van der Waals surface area (Å²) in [7, 11) is 0. The van der Waals surface area contributed by atoms with Crippen molar-refractivity contribution in [2.45, 2.75) is 0 Å². The first-order valence-corrected chi connectivity index (χ1v) is 20.9. The van der Waals surface area contributed by atoms with E-state index in [4.69, 9.17) is 25.9 Å². The lowest BCUT2D eigenvalue weighted by Gasteiger charge is -2.16. The van der Waals surface area contributed by atoms with Gasteiger partial charge in [-0.3, -0.25) is 0 Å². The van der Waals surface area contributed by atoms with Crippen LogP contribution in [0.15, 0.2) is 211 Å². The van der Waals surface area contributed by atoms with Gasteiger partial charge >= 0.3 is 0 Å². The van der Waals surface area contributed by atoms with Crippen LogP contribution in [0.2, 0.25) is 0 Å². The third kappa shape index (κ3) is 6.29. The van der Waals surface area contributed by atoms with E-state index < -0.39 is 0 Å². The van der Waals surface area contributed by atoms with Gasteiger partial charge in [0.1, 0.15) is 11.2 Å². The van der Waals surface area contributed by atoms with Crippen molar-refractivity contribution in [3.63, 3.8) is 0 Å². The molecule has 2 aromatic heterocycles. The van der Waals surface area contributed by atoms with Crippen molar-refractivity contribution < 1.29 is 4.42 Å². The largest absolute Gasteiger partial charge is 0.456 e. The fourth-order valence-corrected chi connectivity index (χ4v) is 9.07. The summed E-state index contributed by atoms with van der Waals surface area (Å²) in [6, 6.07) is 71.6. The molecule has 0 aliphatic rings. The molecule has 0 bridgehead atoms. The minimum atomic E-state index is 0.578. The third-order valence-corrected chi connectivity index (χ3v) is 12.1. The van der Waals surface area contributed by atoms with Gasteiger partial charge in [0.15, 0.2) is 23.2 Å². The summed E-state index contributed by atoms with van der Waals surface area (Å²) in [6.45, 7) is 7.47. The molecule has 12 rings (SSSR count). The predicted octanol–water partition coefficient (Wildman–Crippen LogP) is 15.8. The number of nitrogens with zero attached hydrogens (tertiary/aromatic N) is 4. The zero-order chi connectivity index (χ0) is 41.9. The molecule has 0 radical (unpaired) electrons. The second kappa shape index (κ2) is 14.8. The normalized spacial score (nSPS) is 11.5. The summed E-state index contributed by atoms with van der Waals surface area (Å²) < 4.78 is 6.28. The van der Waals surface area contributed by atoms with E-state index >= 15 is 0 Å². The lowest BCUT2D eigenvalue weighted by molar-refractivity contribution is 0.669. The Morgan fingerprint density at radius 1 is 0.302 bits per heavy atom. The highest BCUT2D eigenvalue weighted by molar-refractivity contribution is 6.24. The van der Waals surface area contributed by atoms with Crippen molar-refractivity contribution in [1.82, 2.24) is 15.0 Å². The van der Waals surface area contributed by atoms with E-state index in [9.17, 15) is 0 Å². The Balaban J connectivity index is 0.997. The monoisotopic (exact) mass is 802 g/mol. The molecule has 0 fully saturated rings. The Kier molecular flexibility index (Phi) is 8.48. The summed E-state index contributed by atoms with van der Waals surface area (Å²) in [5.74, 6) is 1.78. The molecule has 2 heterocycles. The molecule has 0 aliphatic carbocycles. The molecule has 0 aliphatic heterocycles. The van der Waals surface area contributed by atoms with E-state index in [1.165, 1.54) is 37.9 Å². The Bertz CT molecular complexity index is 3810. The van der Waals surface area contributed by atoms with Crippen LogP contribution in [0.5, 0.6) is 0 Å². The maximum Gasteiger partial charge on any atom is 0.187 e. The van der Waals surface area contributed by atoms with Crippen molar-refractivity contribution in [3.8, 4) is 67.5 Å². The minimum absolute atomic E-state index is 0.578. The molecule has 10 aromatic carbocycles. The number of benzene rings is 10. The number of rotatable bonds is 6. The number of para-hydroxylation sites is 1. The van der Waals surface area contributed by atoms with Crippen molar-refractivity contribution in [2.75, 3.05) is 0 Å². The quantitative estimate of drug-likeness (QED) is 0.124. The highest BCUT2D eigenvalue weighted by atomic mass is 16.3. The van der Waals surface area contributed by atoms with E-state index in [-0.39, 0.29) is 0 Å². The van der Waals surface area contributed by atoms with E-state index in [2.05, 4.69) is 138 Å². The van der Waals surface area contributed by atoms with Gasteiger partial charge in [-0.15, -0.1) is 0 Å². The fourth-order valence-electron chi connectivity index (χ4n) is 9.07. The zero-order valence-corrected chi connectivity index (χ0v) is 33.8. The molecule has 0 saturated carbocycles. The van der Waals surface area contributed by atoms with Crippen LogP contribution in [0.4, 0.5) is 5.69 Å². The molecular formula is C58H34N4O. The highest BCUT2D eigenvalue weighted by Gasteiger charge is 2.18. The van der Waals surface area contributed by atoms with Crippen LogP contribution in [0.3, 0.4) is 0 Å². The van der Waals surface area contributed by atoms with E-state index in [0.717, 1.165) is 66.4 Å². The van der Waals surface area contributed by atoms with Gasteiger partial charge in [0, 0.05) is 27.5 Å². The fraction of sp³-hybridized carbons (Fsp3) is 0. The molecule has 63 heavy (non-hydrogen) atoms. The summed E-state index contributed by atoms with van der Waals surface area (Å²) in [5, 5.41) is 9.26. The highest BCUT2D eigenvalue weighted by Crippen LogP contribution is 2.43. The standard InChI is InChI=1S/C58H34N4O/c1-59-43-18-12-15-39(32-43)36-25-27-37(28-26-36)50-34-52-47-22-8-6-20-45(47)51(35-53(52)46-21-7-5-19-44(46)50)40-16-11-17-41(31-40)57-60-56(38-13-3-2-4-14-38)61-58(62-57)42-29-30-49-48-23-9-10-24-54(48)63-55(49)33-42/h2-35H. The Hall–Kier alpha value is -8.72. The van der Waals surface area contributed by atoms with Crippen molar-refractivity contribution >= 4 is 59.9 Å². The minimum Gasteiger partial charge on any atom is -0.456 e. The van der Waals surface area contributed by atoms with Gasteiger partial charge in [0.05, 0.1) is 6.57 Å².